The van der Waals surface area contributed by atoms with Crippen LogP contribution in [-0.4, -0.2) is 28.7 Å². The Bertz CT molecular complexity index is 4950. The van der Waals surface area contributed by atoms with Crippen molar-refractivity contribution < 1.29 is 0 Å². The van der Waals surface area contributed by atoms with Gasteiger partial charge in [0, 0.05) is 49.0 Å². The maximum Gasteiger partial charge on any atom is 0.164 e. The van der Waals surface area contributed by atoms with Crippen LogP contribution in [-0.2, 0) is 0 Å². The summed E-state index contributed by atoms with van der Waals surface area (Å²) in [5.74, 6) is 1.73. The highest BCUT2D eigenvalue weighted by Crippen LogP contribution is 2.47. The summed E-state index contributed by atoms with van der Waals surface area (Å²) in [6.07, 6.45) is 0. The smallest absolute Gasteiger partial charge is 0.164 e. The molecule has 17 aromatic rings. The highest BCUT2D eigenvalue weighted by atomic mass is 15.1. The first-order chi connectivity index (χ1) is 43.1. The molecule has 87 heavy (non-hydrogen) atoms. The van der Waals surface area contributed by atoms with E-state index in [0.717, 1.165) is 144 Å². The standard InChI is InChI=1S/C81H52N6/c1-7-23-53(24-8-1)59-39-43-72-66(47-59)67-48-60(54-25-9-2-10-26-54)40-44-73(67)85(72)76-51-63(81-83-79(57-31-15-5-16-32-57)82-80(84-81)58-33-17-6-18-34-58)52-77(78(76)87-70-37-21-19-35-64(70)65-36-20-22-38-71(65)87)86-74-45-41-61(55-27-11-3-12-28-55)49-68(74)69-50-62(42-46-75(69)86)56-29-13-4-14-30-56/h1-52H. The summed E-state index contributed by atoms with van der Waals surface area (Å²) < 4.78 is 7.53. The molecule has 0 bridgehead atoms. The summed E-state index contributed by atoms with van der Waals surface area (Å²) >= 11 is 0. The lowest BCUT2D eigenvalue weighted by Gasteiger charge is -2.23. The van der Waals surface area contributed by atoms with Gasteiger partial charge in [0.2, 0.25) is 0 Å². The molecule has 13 aromatic carbocycles. The Hall–Kier alpha value is -11.7. The fourth-order valence-electron chi connectivity index (χ4n) is 13.2. The lowest BCUT2D eigenvalue weighted by Crippen LogP contribution is -2.10. The van der Waals surface area contributed by atoms with Crippen molar-refractivity contribution in [3.05, 3.63) is 315 Å². The monoisotopic (exact) mass is 1110 g/mol. The molecule has 0 fully saturated rings. The molecule has 0 aliphatic carbocycles. The third-order valence-corrected chi connectivity index (χ3v) is 17.3. The fraction of sp³-hybridized carbons (Fsp3) is 0. The van der Waals surface area contributed by atoms with E-state index in [-0.39, 0.29) is 0 Å². The van der Waals surface area contributed by atoms with Gasteiger partial charge in [0.05, 0.1) is 50.2 Å². The van der Waals surface area contributed by atoms with E-state index in [9.17, 15) is 0 Å². The second-order valence-electron chi connectivity index (χ2n) is 22.3. The molecule has 0 aliphatic rings. The number of benzene rings is 13. The van der Waals surface area contributed by atoms with Crippen LogP contribution in [0.25, 0.3) is 161 Å². The Morgan fingerprint density at radius 1 is 0.172 bits per heavy atom. The zero-order valence-electron chi connectivity index (χ0n) is 47.2. The topological polar surface area (TPSA) is 53.5 Å². The van der Waals surface area contributed by atoms with Crippen molar-refractivity contribution in [2.24, 2.45) is 0 Å². The summed E-state index contributed by atoms with van der Waals surface area (Å²) in [4.78, 5) is 16.3. The summed E-state index contributed by atoms with van der Waals surface area (Å²) in [6, 6.07) is 114. The first kappa shape index (κ1) is 49.8. The van der Waals surface area contributed by atoms with E-state index >= 15 is 0 Å². The van der Waals surface area contributed by atoms with Crippen molar-refractivity contribution in [1.82, 2.24) is 28.7 Å². The van der Waals surface area contributed by atoms with Crippen molar-refractivity contribution >= 4 is 65.4 Å². The van der Waals surface area contributed by atoms with E-state index in [2.05, 4.69) is 293 Å². The number of aromatic nitrogens is 6. The van der Waals surface area contributed by atoms with Crippen LogP contribution in [0.1, 0.15) is 0 Å². The predicted molar refractivity (Wildman–Crippen MR) is 361 cm³/mol. The zero-order valence-corrected chi connectivity index (χ0v) is 47.2. The number of hydrogen-bond donors (Lipinski definition) is 0. The number of hydrogen-bond acceptors (Lipinski definition) is 3. The van der Waals surface area contributed by atoms with Gasteiger partial charge in [0.15, 0.2) is 17.5 Å². The lowest BCUT2D eigenvalue weighted by molar-refractivity contribution is 1.04. The van der Waals surface area contributed by atoms with Crippen LogP contribution < -0.4 is 0 Å². The van der Waals surface area contributed by atoms with Crippen LogP contribution in [0.4, 0.5) is 0 Å². The SMILES string of the molecule is c1ccc(-c2ccc3c(c2)c2cc(-c4ccccc4)ccc2n3-c2cc(-c3nc(-c4ccccc4)nc(-c4ccccc4)n3)cc(-n3c4ccc(-c5ccccc5)cc4c4cc(-c5ccccc5)ccc43)c2-n2c3ccccc3c3ccccc32)cc1. The molecule has 406 valence electrons. The summed E-state index contributed by atoms with van der Waals surface area (Å²) in [5, 5.41) is 6.88. The third kappa shape index (κ3) is 8.45. The molecule has 0 saturated heterocycles. The maximum atomic E-state index is 5.52. The number of rotatable bonds is 10. The minimum atomic E-state index is 0.552. The van der Waals surface area contributed by atoms with Gasteiger partial charge in [-0.3, -0.25) is 0 Å². The second kappa shape index (κ2) is 20.6. The molecule has 0 saturated carbocycles. The molecule has 0 spiro atoms. The molecule has 6 nitrogen and oxygen atoms in total. The average Bonchev–Trinajstić information content (AvgIpc) is 1.69. The van der Waals surface area contributed by atoms with Gasteiger partial charge >= 0.3 is 0 Å². The fourth-order valence-corrected chi connectivity index (χ4v) is 13.2. The number of nitrogens with zero attached hydrogens (tertiary/aromatic N) is 6. The summed E-state index contributed by atoms with van der Waals surface area (Å²) in [7, 11) is 0. The molecule has 17 rings (SSSR count). The van der Waals surface area contributed by atoms with Crippen molar-refractivity contribution in [2.75, 3.05) is 0 Å². The minimum Gasteiger partial charge on any atom is -0.307 e. The van der Waals surface area contributed by atoms with Crippen LogP contribution in [0.15, 0.2) is 315 Å². The van der Waals surface area contributed by atoms with E-state index < -0.39 is 0 Å². The molecular formula is C81H52N6. The average molecular weight is 1110 g/mol. The first-order valence-electron chi connectivity index (χ1n) is 29.6. The van der Waals surface area contributed by atoms with E-state index in [1.807, 2.05) is 36.4 Å². The number of fused-ring (bicyclic) bond motifs is 9. The highest BCUT2D eigenvalue weighted by molar-refractivity contribution is 6.16. The van der Waals surface area contributed by atoms with Crippen molar-refractivity contribution in [3.63, 3.8) is 0 Å². The number of para-hydroxylation sites is 2. The molecule has 0 amide bonds. The van der Waals surface area contributed by atoms with Gasteiger partial charge in [-0.05, 0) is 117 Å². The van der Waals surface area contributed by atoms with Crippen molar-refractivity contribution in [3.8, 4) is 95.7 Å². The predicted octanol–water partition coefficient (Wildman–Crippen LogP) is 20.8. The van der Waals surface area contributed by atoms with Crippen LogP contribution >= 0.6 is 0 Å². The Morgan fingerprint density at radius 3 is 0.736 bits per heavy atom. The summed E-state index contributed by atoms with van der Waals surface area (Å²) in [6.45, 7) is 0. The van der Waals surface area contributed by atoms with Crippen LogP contribution in [0, 0.1) is 0 Å². The third-order valence-electron chi connectivity index (χ3n) is 17.3. The van der Waals surface area contributed by atoms with Gasteiger partial charge in [-0.25, -0.2) is 15.0 Å². The van der Waals surface area contributed by atoms with Gasteiger partial charge in [-0.15, -0.1) is 0 Å². The van der Waals surface area contributed by atoms with E-state index in [0.29, 0.717) is 17.5 Å². The first-order valence-corrected chi connectivity index (χ1v) is 29.6. The molecule has 0 N–H and O–H groups in total. The molecule has 4 aromatic heterocycles. The molecular weight excluding hydrogens is 1060 g/mol. The van der Waals surface area contributed by atoms with E-state index in [4.69, 9.17) is 15.0 Å². The Balaban J connectivity index is 1.07. The second-order valence-corrected chi connectivity index (χ2v) is 22.3. The van der Waals surface area contributed by atoms with Crippen molar-refractivity contribution in [2.45, 2.75) is 0 Å². The maximum absolute atomic E-state index is 5.52. The van der Waals surface area contributed by atoms with Gasteiger partial charge < -0.3 is 13.7 Å². The summed E-state index contributed by atoms with van der Waals surface area (Å²) in [5.41, 5.74) is 21.2. The molecule has 0 atom stereocenters. The van der Waals surface area contributed by atoms with Gasteiger partial charge in [0.1, 0.15) is 0 Å². The molecule has 6 heteroatoms. The van der Waals surface area contributed by atoms with Gasteiger partial charge in [-0.2, -0.15) is 0 Å². The Morgan fingerprint density at radius 2 is 0.425 bits per heavy atom. The highest BCUT2D eigenvalue weighted by Gasteiger charge is 2.28. The van der Waals surface area contributed by atoms with E-state index in [1.165, 1.54) is 0 Å². The molecule has 4 heterocycles. The largest absolute Gasteiger partial charge is 0.307 e. The van der Waals surface area contributed by atoms with Crippen LogP contribution in [0.2, 0.25) is 0 Å². The zero-order chi connectivity index (χ0) is 57.4. The molecule has 0 aliphatic heterocycles. The quantitative estimate of drug-likeness (QED) is 0.137. The Kier molecular flexibility index (Phi) is 11.8. The molecule has 0 radical (unpaired) electrons. The van der Waals surface area contributed by atoms with Crippen LogP contribution in [0.3, 0.4) is 0 Å². The minimum absolute atomic E-state index is 0.552. The van der Waals surface area contributed by atoms with Crippen molar-refractivity contribution in [1.29, 1.82) is 0 Å². The normalized spacial score (nSPS) is 11.7. The van der Waals surface area contributed by atoms with E-state index in [1.54, 1.807) is 0 Å². The Labute approximate surface area is 502 Å². The van der Waals surface area contributed by atoms with Gasteiger partial charge in [0.25, 0.3) is 0 Å². The molecule has 0 unspecified atom stereocenters. The lowest BCUT2D eigenvalue weighted by atomic mass is 10.0. The van der Waals surface area contributed by atoms with Crippen LogP contribution in [0.5, 0.6) is 0 Å². The van der Waals surface area contributed by atoms with Gasteiger partial charge in [-0.1, -0.05) is 243 Å².